The molecule has 0 aliphatic heterocycles. The molecule has 0 aromatic carbocycles. The summed E-state index contributed by atoms with van der Waals surface area (Å²) in [6, 6.07) is 6.44. The zero-order chi connectivity index (χ0) is 16.4. The fourth-order valence-corrected chi connectivity index (χ4v) is 1.99. The zero-order valence-electron chi connectivity index (χ0n) is 11.9. The lowest BCUT2D eigenvalue weighted by Crippen LogP contribution is -2.13. The van der Waals surface area contributed by atoms with Crippen LogP contribution in [-0.2, 0) is 12.7 Å². The van der Waals surface area contributed by atoms with E-state index < -0.39 is 12.0 Å². The second-order valence-corrected chi connectivity index (χ2v) is 4.54. The van der Waals surface area contributed by atoms with Gasteiger partial charge in [-0.05, 0) is 18.2 Å². The highest BCUT2D eigenvalue weighted by Gasteiger charge is 2.37. The van der Waals surface area contributed by atoms with Gasteiger partial charge in [0.15, 0.2) is 5.65 Å². The van der Waals surface area contributed by atoms with Gasteiger partial charge in [-0.2, -0.15) is 17.7 Å². The van der Waals surface area contributed by atoms with Gasteiger partial charge in [0.1, 0.15) is 5.82 Å². The van der Waals surface area contributed by atoms with Gasteiger partial charge in [0.25, 0.3) is 5.82 Å². The monoisotopic (exact) mass is 324 g/mol. The van der Waals surface area contributed by atoms with Crippen LogP contribution in [0.4, 0.5) is 19.0 Å². The van der Waals surface area contributed by atoms with Crippen molar-refractivity contribution in [2.45, 2.75) is 12.7 Å². The molecule has 0 atom stereocenters. The number of ether oxygens (including phenoxy) is 1. The molecule has 0 saturated heterocycles. The zero-order valence-corrected chi connectivity index (χ0v) is 11.9. The summed E-state index contributed by atoms with van der Waals surface area (Å²) >= 11 is 0. The maximum absolute atomic E-state index is 12.8. The van der Waals surface area contributed by atoms with E-state index in [1.54, 1.807) is 18.3 Å². The van der Waals surface area contributed by atoms with Crippen molar-refractivity contribution in [3.63, 3.8) is 0 Å². The van der Waals surface area contributed by atoms with E-state index in [4.69, 9.17) is 4.74 Å². The third kappa shape index (κ3) is 3.00. The van der Waals surface area contributed by atoms with Crippen molar-refractivity contribution in [3.05, 3.63) is 41.9 Å². The minimum atomic E-state index is -4.63. The Hall–Kier alpha value is -2.91. The Kier molecular flexibility index (Phi) is 3.72. The van der Waals surface area contributed by atoms with E-state index in [1.165, 1.54) is 19.2 Å². The van der Waals surface area contributed by atoms with E-state index in [0.717, 1.165) is 5.56 Å². The van der Waals surface area contributed by atoms with Crippen molar-refractivity contribution < 1.29 is 17.9 Å². The highest BCUT2D eigenvalue weighted by Crippen LogP contribution is 2.27. The van der Waals surface area contributed by atoms with Crippen LogP contribution in [0.25, 0.3) is 5.65 Å². The number of nitrogens with zero attached hydrogens (tertiary/aromatic N) is 5. The summed E-state index contributed by atoms with van der Waals surface area (Å²) in [7, 11) is 1.49. The maximum atomic E-state index is 12.8. The van der Waals surface area contributed by atoms with Crippen molar-refractivity contribution in [1.82, 2.24) is 24.8 Å². The number of halogens is 3. The van der Waals surface area contributed by atoms with Gasteiger partial charge >= 0.3 is 6.18 Å². The third-order valence-electron chi connectivity index (χ3n) is 3.02. The highest BCUT2D eigenvalue weighted by molar-refractivity contribution is 5.45. The number of hydrogen-bond acceptors (Lipinski definition) is 6. The van der Waals surface area contributed by atoms with Crippen LogP contribution < -0.4 is 10.1 Å². The van der Waals surface area contributed by atoms with Crippen molar-refractivity contribution >= 4 is 11.5 Å². The number of pyridine rings is 1. The van der Waals surface area contributed by atoms with Crippen LogP contribution in [0.2, 0.25) is 0 Å². The second kappa shape index (κ2) is 5.71. The van der Waals surface area contributed by atoms with E-state index in [2.05, 4.69) is 25.6 Å². The number of anilines is 1. The number of methoxy groups -OCH3 is 1. The summed E-state index contributed by atoms with van der Waals surface area (Å²) in [5.74, 6) is -0.495. The van der Waals surface area contributed by atoms with Crippen molar-refractivity contribution in [2.75, 3.05) is 12.4 Å². The van der Waals surface area contributed by atoms with Crippen molar-refractivity contribution in [2.24, 2.45) is 0 Å². The first-order valence-corrected chi connectivity index (χ1v) is 6.50. The first-order chi connectivity index (χ1) is 11.0. The fourth-order valence-electron chi connectivity index (χ4n) is 1.99. The summed E-state index contributed by atoms with van der Waals surface area (Å²) in [6.45, 7) is 0.291. The standard InChI is InChI=1S/C13H11F3N6O/c1-23-11-8(3-2-6-17-11)7-18-9-4-5-10-19-20-12(13(14,15)16)22(10)21-9/h2-6H,7H2,1H3,(H,18,21). The van der Waals surface area contributed by atoms with Gasteiger partial charge in [-0.3, -0.25) is 0 Å². The number of fused-ring (bicyclic) bond motifs is 1. The van der Waals surface area contributed by atoms with E-state index in [0.29, 0.717) is 16.9 Å². The van der Waals surface area contributed by atoms with Crippen LogP contribution in [0.3, 0.4) is 0 Å². The molecule has 7 nitrogen and oxygen atoms in total. The van der Waals surface area contributed by atoms with Gasteiger partial charge in [-0.15, -0.1) is 15.3 Å². The number of rotatable bonds is 4. The smallest absolute Gasteiger partial charge is 0.453 e. The first-order valence-electron chi connectivity index (χ1n) is 6.50. The topological polar surface area (TPSA) is 77.2 Å². The molecule has 10 heteroatoms. The molecule has 0 aliphatic carbocycles. The highest BCUT2D eigenvalue weighted by atomic mass is 19.4. The second-order valence-electron chi connectivity index (χ2n) is 4.54. The number of nitrogens with one attached hydrogen (secondary N) is 1. The van der Waals surface area contributed by atoms with Crippen molar-refractivity contribution in [3.8, 4) is 5.88 Å². The van der Waals surface area contributed by atoms with E-state index >= 15 is 0 Å². The molecule has 0 spiro atoms. The normalized spacial score (nSPS) is 11.7. The van der Waals surface area contributed by atoms with Crippen LogP contribution in [0.1, 0.15) is 11.4 Å². The number of alkyl halides is 3. The van der Waals surface area contributed by atoms with Gasteiger partial charge in [0.05, 0.1) is 7.11 Å². The molecule has 3 aromatic heterocycles. The summed E-state index contributed by atoms with van der Waals surface area (Å²) < 4.78 is 44.2. The Bertz CT molecular complexity index is 832. The molecule has 0 saturated carbocycles. The predicted molar refractivity (Wildman–Crippen MR) is 73.9 cm³/mol. The molecular weight excluding hydrogens is 313 g/mol. The molecule has 3 heterocycles. The van der Waals surface area contributed by atoms with Gasteiger partial charge in [-0.25, -0.2) is 4.98 Å². The van der Waals surface area contributed by atoms with Gasteiger partial charge < -0.3 is 10.1 Å². The largest absolute Gasteiger partial charge is 0.481 e. The lowest BCUT2D eigenvalue weighted by molar-refractivity contribution is -0.146. The third-order valence-corrected chi connectivity index (χ3v) is 3.02. The average Bonchev–Trinajstić information content (AvgIpc) is 2.96. The van der Waals surface area contributed by atoms with Crippen LogP contribution in [-0.4, -0.2) is 31.9 Å². The first kappa shape index (κ1) is 15.0. The van der Waals surface area contributed by atoms with Gasteiger partial charge in [-0.1, -0.05) is 6.07 Å². The van der Waals surface area contributed by atoms with E-state index in [9.17, 15) is 13.2 Å². The minimum Gasteiger partial charge on any atom is -0.481 e. The molecule has 0 aliphatic rings. The van der Waals surface area contributed by atoms with E-state index in [1.807, 2.05) is 0 Å². The Morgan fingerprint density at radius 2 is 2.04 bits per heavy atom. The lowest BCUT2D eigenvalue weighted by Gasteiger charge is -2.09. The van der Waals surface area contributed by atoms with E-state index in [-0.39, 0.29) is 11.5 Å². The molecule has 23 heavy (non-hydrogen) atoms. The van der Waals surface area contributed by atoms with Crippen LogP contribution in [0.15, 0.2) is 30.5 Å². The Morgan fingerprint density at radius 3 is 2.78 bits per heavy atom. The number of hydrogen-bond donors (Lipinski definition) is 1. The Balaban J connectivity index is 1.86. The maximum Gasteiger partial charge on any atom is 0.453 e. The predicted octanol–water partition coefficient (Wildman–Crippen LogP) is 2.16. The minimum absolute atomic E-state index is 0.0156. The quantitative estimate of drug-likeness (QED) is 0.792. The molecule has 0 bridgehead atoms. The molecule has 0 amide bonds. The SMILES string of the molecule is COc1ncccc1CNc1ccc2nnc(C(F)(F)F)n2n1. The summed E-state index contributed by atoms with van der Waals surface area (Å²) in [5.41, 5.74) is 0.763. The fraction of sp³-hybridized carbons (Fsp3) is 0.231. The Labute approximate surface area is 128 Å². The molecule has 0 fully saturated rings. The molecule has 0 unspecified atom stereocenters. The van der Waals surface area contributed by atoms with Gasteiger partial charge in [0.2, 0.25) is 5.88 Å². The molecule has 120 valence electrons. The van der Waals surface area contributed by atoms with Crippen LogP contribution >= 0.6 is 0 Å². The average molecular weight is 324 g/mol. The summed E-state index contributed by atoms with van der Waals surface area (Å²) in [5, 5.41) is 13.4. The van der Waals surface area contributed by atoms with Crippen molar-refractivity contribution in [1.29, 1.82) is 0 Å². The Morgan fingerprint density at radius 1 is 1.22 bits per heavy atom. The van der Waals surface area contributed by atoms with Crippen LogP contribution in [0, 0.1) is 0 Å². The summed E-state index contributed by atoms with van der Waals surface area (Å²) in [4.78, 5) is 4.04. The molecule has 3 aromatic rings. The molecular formula is C13H11F3N6O. The van der Waals surface area contributed by atoms with Gasteiger partial charge in [0, 0.05) is 18.3 Å². The summed E-state index contributed by atoms with van der Waals surface area (Å²) in [6.07, 6.45) is -3.04. The molecule has 3 rings (SSSR count). The molecule has 1 N–H and O–H groups in total. The lowest BCUT2D eigenvalue weighted by atomic mass is 10.2. The number of aromatic nitrogens is 5. The van der Waals surface area contributed by atoms with Crippen LogP contribution in [0.5, 0.6) is 5.88 Å². The molecule has 0 radical (unpaired) electrons.